The first-order valence-corrected chi connectivity index (χ1v) is 9.50. The molecule has 152 valence electrons. The van der Waals surface area contributed by atoms with Crippen molar-refractivity contribution in [3.8, 4) is 5.75 Å². The average Bonchev–Trinajstić information content (AvgIpc) is 2.63. The second-order valence-electron chi connectivity index (χ2n) is 7.44. The summed E-state index contributed by atoms with van der Waals surface area (Å²) >= 11 is 0. The summed E-state index contributed by atoms with van der Waals surface area (Å²) < 4.78 is 6.16. The summed E-state index contributed by atoms with van der Waals surface area (Å²) in [5.74, 6) is 0.895. The van der Waals surface area contributed by atoms with Crippen molar-refractivity contribution in [2.45, 2.75) is 58.5 Å². The van der Waals surface area contributed by atoms with Crippen molar-refractivity contribution in [1.82, 2.24) is 5.32 Å². The summed E-state index contributed by atoms with van der Waals surface area (Å²) in [5.41, 5.74) is 2.03. The summed E-state index contributed by atoms with van der Waals surface area (Å²) in [7, 11) is 0. The maximum absolute atomic E-state index is 12.6. The van der Waals surface area contributed by atoms with E-state index in [-0.39, 0.29) is 24.5 Å². The molecule has 0 aliphatic carbocycles. The first-order valence-electron chi connectivity index (χ1n) is 9.50. The quantitative estimate of drug-likeness (QED) is 0.684. The number of aliphatic hydroxyl groups is 1. The van der Waals surface area contributed by atoms with Crippen molar-refractivity contribution in [2.24, 2.45) is 0 Å². The molecule has 6 heteroatoms. The Morgan fingerprint density at radius 3 is 2.50 bits per heavy atom. The van der Waals surface area contributed by atoms with Crippen LogP contribution in [0.5, 0.6) is 5.75 Å². The second-order valence-corrected chi connectivity index (χ2v) is 7.44. The standard InChI is InChI=1S/C22H28N2O3.ClH/c1-4-20(23-22(2,3)26)27-19-12-8-11-18-17(19)13-14-21(25)24(18)15-16-9-6-5-7-10-16;/h5-12,20,23,26H,4,13-15H2,1-3H3;1H. The number of benzene rings is 2. The van der Waals surface area contributed by atoms with Crippen LogP contribution in [0.15, 0.2) is 48.5 Å². The fourth-order valence-electron chi connectivity index (χ4n) is 3.37. The van der Waals surface area contributed by atoms with Crippen LogP contribution in [0.2, 0.25) is 0 Å². The van der Waals surface area contributed by atoms with Crippen LogP contribution in [-0.4, -0.2) is 23.0 Å². The lowest BCUT2D eigenvalue weighted by Crippen LogP contribution is -2.48. The van der Waals surface area contributed by atoms with Gasteiger partial charge < -0.3 is 14.7 Å². The van der Waals surface area contributed by atoms with E-state index in [0.717, 1.165) is 22.6 Å². The molecule has 1 heterocycles. The molecule has 1 aliphatic rings. The van der Waals surface area contributed by atoms with Crippen LogP contribution in [0.1, 0.15) is 44.7 Å². The van der Waals surface area contributed by atoms with E-state index in [1.807, 2.05) is 60.4 Å². The van der Waals surface area contributed by atoms with Crippen molar-refractivity contribution in [3.63, 3.8) is 0 Å². The van der Waals surface area contributed by atoms with E-state index in [2.05, 4.69) is 5.32 Å². The molecule has 28 heavy (non-hydrogen) atoms. The van der Waals surface area contributed by atoms with Gasteiger partial charge in [0.25, 0.3) is 0 Å². The van der Waals surface area contributed by atoms with Gasteiger partial charge in [-0.15, -0.1) is 12.4 Å². The number of nitrogens with one attached hydrogen (secondary N) is 1. The highest BCUT2D eigenvalue weighted by atomic mass is 35.5. The Labute approximate surface area is 173 Å². The van der Waals surface area contributed by atoms with Crippen LogP contribution in [-0.2, 0) is 17.8 Å². The normalized spacial score (nSPS) is 14.9. The van der Waals surface area contributed by atoms with E-state index in [0.29, 0.717) is 25.8 Å². The molecule has 0 saturated heterocycles. The highest BCUT2D eigenvalue weighted by Crippen LogP contribution is 2.36. The highest BCUT2D eigenvalue weighted by Gasteiger charge is 2.28. The Balaban J connectivity index is 0.00000280. The molecule has 3 rings (SSSR count). The van der Waals surface area contributed by atoms with Gasteiger partial charge in [0.1, 0.15) is 11.5 Å². The first-order chi connectivity index (χ1) is 12.9. The van der Waals surface area contributed by atoms with Gasteiger partial charge in [0.2, 0.25) is 5.91 Å². The fourth-order valence-corrected chi connectivity index (χ4v) is 3.37. The SMILES string of the molecule is CCC(NC(C)(C)O)Oc1cccc2c1CCC(=O)N2Cc1ccccc1.Cl. The molecular weight excluding hydrogens is 376 g/mol. The third-order valence-corrected chi connectivity index (χ3v) is 4.63. The van der Waals surface area contributed by atoms with Crippen LogP contribution in [0.3, 0.4) is 0 Å². The molecule has 0 aromatic heterocycles. The molecule has 0 saturated carbocycles. The van der Waals surface area contributed by atoms with Crippen molar-refractivity contribution in [1.29, 1.82) is 0 Å². The van der Waals surface area contributed by atoms with Gasteiger partial charge in [0.15, 0.2) is 6.23 Å². The molecule has 1 unspecified atom stereocenters. The molecule has 2 aromatic rings. The molecule has 2 aromatic carbocycles. The minimum Gasteiger partial charge on any atom is -0.475 e. The number of halogens is 1. The number of ether oxygens (including phenoxy) is 1. The lowest BCUT2D eigenvalue weighted by molar-refractivity contribution is -0.119. The van der Waals surface area contributed by atoms with E-state index in [4.69, 9.17) is 4.74 Å². The van der Waals surface area contributed by atoms with Crippen molar-refractivity contribution >= 4 is 24.0 Å². The number of amides is 1. The van der Waals surface area contributed by atoms with Gasteiger partial charge in [-0.05, 0) is 44.4 Å². The van der Waals surface area contributed by atoms with E-state index >= 15 is 0 Å². The molecule has 1 amide bonds. The second kappa shape index (κ2) is 9.41. The smallest absolute Gasteiger partial charge is 0.227 e. The summed E-state index contributed by atoms with van der Waals surface area (Å²) in [6.45, 7) is 5.94. The number of anilines is 1. The van der Waals surface area contributed by atoms with Crippen molar-refractivity contribution in [3.05, 3.63) is 59.7 Å². The van der Waals surface area contributed by atoms with Crippen LogP contribution < -0.4 is 15.0 Å². The van der Waals surface area contributed by atoms with Gasteiger partial charge in [0.05, 0.1) is 12.2 Å². The summed E-state index contributed by atoms with van der Waals surface area (Å²) in [6, 6.07) is 15.8. The molecule has 5 nitrogen and oxygen atoms in total. The van der Waals surface area contributed by atoms with Gasteiger partial charge in [-0.3, -0.25) is 10.1 Å². The van der Waals surface area contributed by atoms with Crippen LogP contribution >= 0.6 is 12.4 Å². The van der Waals surface area contributed by atoms with Gasteiger partial charge in [-0.2, -0.15) is 0 Å². The lowest BCUT2D eigenvalue weighted by atomic mass is 9.99. The average molecular weight is 405 g/mol. The number of carbonyl (C=O) groups is 1. The predicted molar refractivity (Wildman–Crippen MR) is 114 cm³/mol. The van der Waals surface area contributed by atoms with Crippen molar-refractivity contribution in [2.75, 3.05) is 4.90 Å². The van der Waals surface area contributed by atoms with E-state index < -0.39 is 5.72 Å². The van der Waals surface area contributed by atoms with Crippen LogP contribution in [0.25, 0.3) is 0 Å². The Hall–Kier alpha value is -2.08. The number of rotatable bonds is 7. The largest absolute Gasteiger partial charge is 0.475 e. The van der Waals surface area contributed by atoms with Gasteiger partial charge in [0, 0.05) is 12.0 Å². The number of carbonyl (C=O) groups excluding carboxylic acids is 1. The van der Waals surface area contributed by atoms with Crippen LogP contribution in [0.4, 0.5) is 5.69 Å². The maximum Gasteiger partial charge on any atom is 0.227 e. The molecule has 0 fully saturated rings. The molecule has 1 atom stereocenters. The van der Waals surface area contributed by atoms with E-state index in [1.165, 1.54) is 0 Å². The first kappa shape index (κ1) is 22.2. The fraction of sp³-hybridized carbons (Fsp3) is 0.409. The number of hydrogen-bond donors (Lipinski definition) is 2. The number of nitrogens with zero attached hydrogens (tertiary/aromatic N) is 1. The van der Waals surface area contributed by atoms with Crippen molar-refractivity contribution < 1.29 is 14.6 Å². The highest BCUT2D eigenvalue weighted by molar-refractivity contribution is 5.96. The molecule has 1 aliphatic heterocycles. The zero-order chi connectivity index (χ0) is 19.4. The Morgan fingerprint density at radius 2 is 1.86 bits per heavy atom. The van der Waals surface area contributed by atoms with Crippen LogP contribution in [0, 0.1) is 0 Å². The molecule has 0 spiro atoms. The van der Waals surface area contributed by atoms with Gasteiger partial charge in [-0.25, -0.2) is 0 Å². The third kappa shape index (κ3) is 5.47. The molecular formula is C22H29ClN2O3. The Bertz CT molecular complexity index is 790. The Kier molecular flexibility index (Phi) is 7.47. The zero-order valence-electron chi connectivity index (χ0n) is 16.6. The maximum atomic E-state index is 12.6. The van der Waals surface area contributed by atoms with E-state index in [1.54, 1.807) is 13.8 Å². The van der Waals surface area contributed by atoms with Gasteiger partial charge >= 0.3 is 0 Å². The zero-order valence-corrected chi connectivity index (χ0v) is 17.5. The summed E-state index contributed by atoms with van der Waals surface area (Å²) in [5, 5.41) is 13.1. The molecule has 0 radical (unpaired) electrons. The topological polar surface area (TPSA) is 61.8 Å². The monoisotopic (exact) mass is 404 g/mol. The number of hydrogen-bond acceptors (Lipinski definition) is 4. The third-order valence-electron chi connectivity index (χ3n) is 4.63. The minimum absolute atomic E-state index is 0. The Morgan fingerprint density at radius 1 is 1.14 bits per heavy atom. The minimum atomic E-state index is -1.02. The lowest BCUT2D eigenvalue weighted by Gasteiger charge is -2.32. The molecule has 0 bridgehead atoms. The number of fused-ring (bicyclic) bond motifs is 1. The van der Waals surface area contributed by atoms with E-state index in [9.17, 15) is 9.90 Å². The summed E-state index contributed by atoms with van der Waals surface area (Å²) in [4.78, 5) is 14.4. The molecule has 2 N–H and O–H groups in total. The predicted octanol–water partition coefficient (Wildman–Crippen LogP) is 4.02. The van der Waals surface area contributed by atoms with Gasteiger partial charge in [-0.1, -0.05) is 43.3 Å². The summed E-state index contributed by atoms with van der Waals surface area (Å²) in [6.07, 6.45) is 1.53.